The third-order valence-corrected chi connectivity index (χ3v) is 4.67. The number of benzene rings is 1. The summed E-state index contributed by atoms with van der Waals surface area (Å²) in [5.74, 6) is -1.96. The molecule has 1 unspecified atom stereocenters. The first kappa shape index (κ1) is 20.4. The Labute approximate surface area is 162 Å². The molecule has 1 atom stereocenters. The molecule has 1 fully saturated rings. The van der Waals surface area contributed by atoms with E-state index in [9.17, 15) is 18.7 Å². The number of para-hydroxylation sites is 1. The minimum absolute atomic E-state index is 0.0868. The first-order chi connectivity index (χ1) is 13.4. The van der Waals surface area contributed by atoms with Crippen molar-refractivity contribution in [3.05, 3.63) is 47.3 Å². The van der Waals surface area contributed by atoms with Crippen molar-refractivity contribution >= 4 is 5.91 Å². The Morgan fingerprint density at radius 3 is 2.61 bits per heavy atom. The van der Waals surface area contributed by atoms with Crippen LogP contribution in [0, 0.1) is 18.6 Å². The van der Waals surface area contributed by atoms with Gasteiger partial charge in [-0.2, -0.15) is 5.10 Å². The van der Waals surface area contributed by atoms with Gasteiger partial charge in [0.25, 0.3) is 5.91 Å². The van der Waals surface area contributed by atoms with Crippen LogP contribution in [0.25, 0.3) is 5.69 Å². The number of rotatable bonds is 6. The third-order valence-electron chi connectivity index (χ3n) is 4.67. The highest BCUT2D eigenvalue weighted by atomic mass is 19.1. The lowest BCUT2D eigenvalue weighted by Gasteiger charge is -2.30. The first-order valence-corrected chi connectivity index (χ1v) is 9.11. The second kappa shape index (κ2) is 8.76. The first-order valence-electron chi connectivity index (χ1n) is 9.11. The van der Waals surface area contributed by atoms with Gasteiger partial charge >= 0.3 is 0 Å². The van der Waals surface area contributed by atoms with Crippen LogP contribution < -0.4 is 0 Å². The second-order valence-corrected chi connectivity index (χ2v) is 6.93. The van der Waals surface area contributed by atoms with Crippen LogP contribution in [0.15, 0.2) is 24.4 Å². The molecule has 2 heterocycles. The average molecular weight is 394 g/mol. The molecule has 1 aliphatic rings. The molecule has 0 saturated carbocycles. The van der Waals surface area contributed by atoms with Crippen LogP contribution in [0.3, 0.4) is 0 Å². The third kappa shape index (κ3) is 4.54. The fraction of sp³-hybridized carbons (Fsp3) is 0.474. The maximum Gasteiger partial charge on any atom is 0.274 e. The van der Waals surface area contributed by atoms with Gasteiger partial charge in [-0.1, -0.05) is 6.07 Å². The Kier molecular flexibility index (Phi) is 6.38. The van der Waals surface area contributed by atoms with Crippen molar-refractivity contribution in [2.45, 2.75) is 13.0 Å². The second-order valence-electron chi connectivity index (χ2n) is 6.93. The van der Waals surface area contributed by atoms with Crippen molar-refractivity contribution in [2.24, 2.45) is 0 Å². The molecule has 0 aliphatic carbocycles. The molecule has 1 aliphatic heterocycles. The number of aryl methyl sites for hydroxylation is 1. The van der Waals surface area contributed by atoms with Crippen LogP contribution >= 0.6 is 0 Å². The van der Waals surface area contributed by atoms with Gasteiger partial charge < -0.3 is 14.7 Å². The molecule has 28 heavy (non-hydrogen) atoms. The maximum absolute atomic E-state index is 14.0. The van der Waals surface area contributed by atoms with Crippen molar-refractivity contribution in [3.63, 3.8) is 0 Å². The number of carbonyl (C=O) groups is 1. The normalized spacial score (nSPS) is 16.2. The van der Waals surface area contributed by atoms with Gasteiger partial charge in [-0.3, -0.25) is 9.69 Å². The standard InChI is InChI=1S/C19H24F2N4O3/c1-13-10-25(18-15(20)4-3-5-16(18)21)22-17(13)19(27)23(2)11-14(26)12-24-6-8-28-9-7-24/h3-5,10,14,26H,6-9,11-12H2,1-2H3. The summed E-state index contributed by atoms with van der Waals surface area (Å²) >= 11 is 0. The molecule has 1 N–H and O–H groups in total. The molecule has 9 heteroatoms. The van der Waals surface area contributed by atoms with Crippen molar-refractivity contribution in [3.8, 4) is 5.69 Å². The fourth-order valence-electron chi connectivity index (χ4n) is 3.21. The number of amides is 1. The summed E-state index contributed by atoms with van der Waals surface area (Å²) in [7, 11) is 1.56. The molecule has 0 spiro atoms. The van der Waals surface area contributed by atoms with Crippen molar-refractivity contribution in [1.29, 1.82) is 0 Å². The number of hydrogen-bond acceptors (Lipinski definition) is 5. The minimum Gasteiger partial charge on any atom is -0.390 e. The van der Waals surface area contributed by atoms with E-state index < -0.39 is 23.6 Å². The Hall–Kier alpha value is -2.36. The van der Waals surface area contributed by atoms with E-state index in [0.717, 1.165) is 29.9 Å². The number of halogens is 2. The van der Waals surface area contributed by atoms with Crippen LogP contribution in [0.4, 0.5) is 8.78 Å². The van der Waals surface area contributed by atoms with Gasteiger partial charge in [0.1, 0.15) is 5.69 Å². The maximum atomic E-state index is 14.0. The van der Waals surface area contributed by atoms with Crippen molar-refractivity contribution < 1.29 is 23.4 Å². The summed E-state index contributed by atoms with van der Waals surface area (Å²) < 4.78 is 34.3. The Morgan fingerprint density at radius 2 is 1.96 bits per heavy atom. The number of aliphatic hydroxyl groups excluding tert-OH is 1. The van der Waals surface area contributed by atoms with Crippen LogP contribution in [-0.4, -0.2) is 83.1 Å². The summed E-state index contributed by atoms with van der Waals surface area (Å²) in [5.41, 5.74) is 0.241. The molecular weight excluding hydrogens is 370 g/mol. The summed E-state index contributed by atoms with van der Waals surface area (Å²) in [5, 5.41) is 14.4. The lowest BCUT2D eigenvalue weighted by Crippen LogP contribution is -2.45. The smallest absolute Gasteiger partial charge is 0.274 e. The van der Waals surface area contributed by atoms with Crippen molar-refractivity contribution in [2.75, 3.05) is 46.4 Å². The number of β-amino-alcohol motifs (C(OH)–C–C–N with tert-alkyl or cyclic N) is 1. The highest BCUT2D eigenvalue weighted by Crippen LogP contribution is 2.19. The van der Waals surface area contributed by atoms with E-state index in [1.54, 1.807) is 14.0 Å². The molecule has 1 aromatic heterocycles. The van der Waals surface area contributed by atoms with Gasteiger partial charge in [0.05, 0.1) is 19.3 Å². The predicted octanol–water partition coefficient (Wildman–Crippen LogP) is 1.22. The molecule has 2 aromatic rings. The van der Waals surface area contributed by atoms with Crippen LogP contribution in [0.1, 0.15) is 16.1 Å². The molecule has 152 valence electrons. The number of carbonyl (C=O) groups excluding carboxylic acids is 1. The molecule has 1 saturated heterocycles. The number of morpholine rings is 1. The number of ether oxygens (including phenoxy) is 1. The van der Waals surface area contributed by atoms with E-state index in [1.165, 1.54) is 17.2 Å². The van der Waals surface area contributed by atoms with Gasteiger partial charge in [0.15, 0.2) is 17.3 Å². The number of likely N-dealkylation sites (N-methyl/N-ethyl adjacent to an activating group) is 1. The molecular formula is C19H24F2N4O3. The predicted molar refractivity (Wildman–Crippen MR) is 98.4 cm³/mol. The number of nitrogens with zero attached hydrogens (tertiary/aromatic N) is 4. The topological polar surface area (TPSA) is 70.8 Å². The summed E-state index contributed by atoms with van der Waals surface area (Å²) in [6, 6.07) is 3.52. The van der Waals surface area contributed by atoms with E-state index in [0.29, 0.717) is 25.3 Å². The van der Waals surface area contributed by atoms with E-state index in [4.69, 9.17) is 4.74 Å². The number of aliphatic hydroxyl groups is 1. The zero-order valence-electron chi connectivity index (χ0n) is 15.9. The lowest BCUT2D eigenvalue weighted by atomic mass is 10.2. The molecule has 1 aromatic carbocycles. The lowest BCUT2D eigenvalue weighted by molar-refractivity contribution is 0.00873. The fourth-order valence-corrected chi connectivity index (χ4v) is 3.21. The zero-order chi connectivity index (χ0) is 20.3. The van der Waals surface area contributed by atoms with E-state index >= 15 is 0 Å². The van der Waals surface area contributed by atoms with Crippen LogP contribution in [0.5, 0.6) is 0 Å². The quantitative estimate of drug-likeness (QED) is 0.798. The van der Waals surface area contributed by atoms with Crippen LogP contribution in [-0.2, 0) is 4.74 Å². The Bertz CT molecular complexity index is 816. The molecule has 3 rings (SSSR count). The molecule has 0 radical (unpaired) electrons. The van der Waals surface area contributed by atoms with Crippen molar-refractivity contribution in [1.82, 2.24) is 19.6 Å². The summed E-state index contributed by atoms with van der Waals surface area (Å²) in [6.45, 7) is 4.95. The minimum atomic E-state index is -0.768. The van der Waals surface area contributed by atoms with Gasteiger partial charge in [0.2, 0.25) is 0 Å². The SMILES string of the molecule is Cc1cn(-c2c(F)cccc2F)nc1C(=O)N(C)CC(O)CN1CCOCC1. The Morgan fingerprint density at radius 1 is 1.32 bits per heavy atom. The highest BCUT2D eigenvalue weighted by molar-refractivity contribution is 5.93. The average Bonchev–Trinajstić information content (AvgIpc) is 3.02. The van der Waals surface area contributed by atoms with Gasteiger partial charge in [-0.25, -0.2) is 13.5 Å². The van der Waals surface area contributed by atoms with E-state index in [2.05, 4.69) is 10.00 Å². The molecule has 1 amide bonds. The van der Waals surface area contributed by atoms with Gasteiger partial charge in [-0.05, 0) is 19.1 Å². The summed E-state index contributed by atoms with van der Waals surface area (Å²) in [4.78, 5) is 16.2. The summed E-state index contributed by atoms with van der Waals surface area (Å²) in [6.07, 6.45) is 0.686. The highest BCUT2D eigenvalue weighted by Gasteiger charge is 2.23. The largest absolute Gasteiger partial charge is 0.390 e. The Balaban J connectivity index is 1.69. The van der Waals surface area contributed by atoms with Gasteiger partial charge in [0, 0.05) is 45.0 Å². The van der Waals surface area contributed by atoms with E-state index in [-0.39, 0.29) is 17.9 Å². The molecule has 0 bridgehead atoms. The zero-order valence-corrected chi connectivity index (χ0v) is 15.9. The van der Waals surface area contributed by atoms with E-state index in [1.807, 2.05) is 0 Å². The van der Waals surface area contributed by atoms with Gasteiger partial charge in [-0.15, -0.1) is 0 Å². The number of aromatic nitrogens is 2. The monoisotopic (exact) mass is 394 g/mol. The molecule has 7 nitrogen and oxygen atoms in total. The number of hydrogen-bond donors (Lipinski definition) is 1. The van der Waals surface area contributed by atoms with Crippen LogP contribution in [0.2, 0.25) is 0 Å².